The summed E-state index contributed by atoms with van der Waals surface area (Å²) in [5.41, 5.74) is 1.74. The highest BCUT2D eigenvalue weighted by Crippen LogP contribution is 2.21. The predicted molar refractivity (Wildman–Crippen MR) is 75.0 cm³/mol. The van der Waals surface area contributed by atoms with Gasteiger partial charge < -0.3 is 9.52 Å². The van der Waals surface area contributed by atoms with Gasteiger partial charge in [-0.1, -0.05) is 11.6 Å². The van der Waals surface area contributed by atoms with Gasteiger partial charge in [0.2, 0.25) is 5.89 Å². The van der Waals surface area contributed by atoms with E-state index in [1.54, 1.807) is 18.4 Å². The highest BCUT2D eigenvalue weighted by atomic mass is 35.5. The normalized spacial score (nSPS) is 12.9. The van der Waals surface area contributed by atoms with Crippen LogP contribution in [0.5, 0.6) is 0 Å². The number of aliphatic hydroxyl groups excluding tert-OH is 1. The van der Waals surface area contributed by atoms with Gasteiger partial charge in [0.25, 0.3) is 0 Å². The molecule has 2 aromatic rings. The first kappa shape index (κ1) is 14.1. The summed E-state index contributed by atoms with van der Waals surface area (Å²) in [4.78, 5) is 6.45. The molecule has 1 aromatic carbocycles. The second-order valence-corrected chi connectivity index (χ2v) is 5.03. The number of aliphatic hydroxyl groups is 1. The minimum atomic E-state index is 0.0932. The number of hydrogen-bond acceptors (Lipinski definition) is 4. The molecule has 0 saturated carbocycles. The number of benzene rings is 1. The molecule has 4 nitrogen and oxygen atoms in total. The van der Waals surface area contributed by atoms with Crippen molar-refractivity contribution in [3.8, 4) is 11.5 Å². The molecule has 1 N–H and O–H groups in total. The molecule has 0 amide bonds. The number of hydrogen-bond donors (Lipinski definition) is 1. The Balaban J connectivity index is 2.09. The van der Waals surface area contributed by atoms with E-state index in [-0.39, 0.29) is 12.6 Å². The lowest BCUT2D eigenvalue weighted by atomic mass is 10.2. The zero-order valence-corrected chi connectivity index (χ0v) is 11.8. The van der Waals surface area contributed by atoms with Crippen molar-refractivity contribution in [1.82, 2.24) is 9.88 Å². The summed E-state index contributed by atoms with van der Waals surface area (Å²) < 4.78 is 5.46. The van der Waals surface area contributed by atoms with E-state index in [1.807, 2.05) is 31.0 Å². The summed E-state index contributed by atoms with van der Waals surface area (Å²) in [6.45, 7) is 2.72. The Labute approximate surface area is 117 Å². The third-order valence-corrected chi connectivity index (χ3v) is 3.32. The van der Waals surface area contributed by atoms with Crippen molar-refractivity contribution < 1.29 is 9.52 Å². The maximum atomic E-state index is 9.09. The average molecular weight is 281 g/mol. The Morgan fingerprint density at radius 2 is 2.05 bits per heavy atom. The van der Waals surface area contributed by atoms with Crippen molar-refractivity contribution in [3.63, 3.8) is 0 Å². The molecule has 5 heteroatoms. The number of aromatic nitrogens is 1. The topological polar surface area (TPSA) is 49.5 Å². The summed E-state index contributed by atoms with van der Waals surface area (Å²) in [6, 6.07) is 7.45. The molecule has 0 aliphatic heterocycles. The van der Waals surface area contributed by atoms with E-state index in [0.29, 0.717) is 17.5 Å². The SMILES string of the molecule is CC(CO)N(C)Cc1coc(-c2ccc(Cl)cc2)n1. The van der Waals surface area contributed by atoms with Crippen molar-refractivity contribution in [2.24, 2.45) is 0 Å². The van der Waals surface area contributed by atoms with Gasteiger partial charge in [-0.15, -0.1) is 0 Å². The fraction of sp³-hybridized carbons (Fsp3) is 0.357. The van der Waals surface area contributed by atoms with Crippen LogP contribution < -0.4 is 0 Å². The highest BCUT2D eigenvalue weighted by Gasteiger charge is 2.12. The molecule has 1 unspecified atom stereocenters. The van der Waals surface area contributed by atoms with Gasteiger partial charge in [-0.25, -0.2) is 4.98 Å². The first-order valence-electron chi connectivity index (χ1n) is 6.11. The standard InChI is InChI=1S/C14H17ClN2O2/c1-10(8-18)17(2)7-13-9-19-14(16-13)11-3-5-12(15)6-4-11/h3-6,9-10,18H,7-8H2,1-2H3. The molecule has 0 saturated heterocycles. The molecule has 19 heavy (non-hydrogen) atoms. The summed E-state index contributed by atoms with van der Waals surface area (Å²) in [5.74, 6) is 0.580. The predicted octanol–water partition coefficient (Wildman–Crippen LogP) is 2.81. The molecular weight excluding hydrogens is 264 g/mol. The molecule has 0 fully saturated rings. The van der Waals surface area contributed by atoms with E-state index in [9.17, 15) is 0 Å². The van der Waals surface area contributed by atoms with E-state index >= 15 is 0 Å². The number of nitrogens with zero attached hydrogens (tertiary/aromatic N) is 2. The monoisotopic (exact) mass is 280 g/mol. The van der Waals surface area contributed by atoms with Crippen LogP contribution in [0.1, 0.15) is 12.6 Å². The first-order chi connectivity index (χ1) is 9.10. The molecular formula is C14H17ClN2O2. The highest BCUT2D eigenvalue weighted by molar-refractivity contribution is 6.30. The van der Waals surface area contributed by atoms with Crippen LogP contribution >= 0.6 is 11.6 Å². The van der Waals surface area contributed by atoms with Gasteiger partial charge in [-0.05, 0) is 38.2 Å². The summed E-state index contributed by atoms with van der Waals surface area (Å²) in [6.07, 6.45) is 1.64. The van der Waals surface area contributed by atoms with Gasteiger partial charge in [0, 0.05) is 23.2 Å². The van der Waals surface area contributed by atoms with Crippen LogP contribution in [0.4, 0.5) is 0 Å². The number of oxazole rings is 1. The summed E-state index contributed by atoms with van der Waals surface area (Å²) in [5, 5.41) is 9.78. The van der Waals surface area contributed by atoms with E-state index in [0.717, 1.165) is 11.3 Å². The van der Waals surface area contributed by atoms with Crippen LogP contribution in [0.2, 0.25) is 5.02 Å². The van der Waals surface area contributed by atoms with Gasteiger partial charge in [-0.3, -0.25) is 4.90 Å². The largest absolute Gasteiger partial charge is 0.444 e. The van der Waals surface area contributed by atoms with Crippen LogP contribution in [0.3, 0.4) is 0 Å². The van der Waals surface area contributed by atoms with Gasteiger partial charge in [0.15, 0.2) is 0 Å². The Morgan fingerprint density at radius 3 is 2.68 bits per heavy atom. The third-order valence-electron chi connectivity index (χ3n) is 3.07. The Kier molecular flexibility index (Phi) is 4.58. The molecule has 2 rings (SSSR count). The lowest BCUT2D eigenvalue weighted by Gasteiger charge is -2.21. The minimum absolute atomic E-state index is 0.0932. The van der Waals surface area contributed by atoms with Crippen molar-refractivity contribution in [1.29, 1.82) is 0 Å². The molecule has 1 heterocycles. The lowest BCUT2D eigenvalue weighted by Crippen LogP contribution is -2.31. The summed E-state index contributed by atoms with van der Waals surface area (Å²) in [7, 11) is 1.94. The van der Waals surface area contributed by atoms with Crippen LogP contribution in [-0.2, 0) is 6.54 Å². The molecule has 0 aliphatic rings. The van der Waals surface area contributed by atoms with Crippen LogP contribution in [-0.4, -0.2) is 34.7 Å². The fourth-order valence-corrected chi connectivity index (χ4v) is 1.78. The van der Waals surface area contributed by atoms with Crippen molar-refractivity contribution in [3.05, 3.63) is 41.2 Å². The van der Waals surface area contributed by atoms with Crippen LogP contribution in [0.25, 0.3) is 11.5 Å². The summed E-state index contributed by atoms with van der Waals surface area (Å²) >= 11 is 5.84. The first-order valence-corrected chi connectivity index (χ1v) is 6.49. The molecule has 0 spiro atoms. The zero-order valence-electron chi connectivity index (χ0n) is 11.0. The molecule has 0 bridgehead atoms. The molecule has 1 aromatic heterocycles. The van der Waals surface area contributed by atoms with Crippen molar-refractivity contribution in [2.45, 2.75) is 19.5 Å². The van der Waals surface area contributed by atoms with Gasteiger partial charge >= 0.3 is 0 Å². The van der Waals surface area contributed by atoms with E-state index in [2.05, 4.69) is 4.98 Å². The van der Waals surface area contributed by atoms with Gasteiger partial charge in [0.1, 0.15) is 6.26 Å². The number of likely N-dealkylation sites (N-methyl/N-ethyl adjacent to an activating group) is 1. The second kappa shape index (κ2) is 6.19. The molecule has 1 atom stereocenters. The smallest absolute Gasteiger partial charge is 0.226 e. The third kappa shape index (κ3) is 3.56. The van der Waals surface area contributed by atoms with Crippen molar-refractivity contribution >= 4 is 11.6 Å². The molecule has 102 valence electrons. The number of rotatable bonds is 5. The second-order valence-electron chi connectivity index (χ2n) is 4.60. The zero-order chi connectivity index (χ0) is 13.8. The average Bonchev–Trinajstić information content (AvgIpc) is 2.87. The van der Waals surface area contributed by atoms with Gasteiger partial charge in [-0.2, -0.15) is 0 Å². The molecule has 0 aliphatic carbocycles. The lowest BCUT2D eigenvalue weighted by molar-refractivity contribution is 0.153. The fourth-order valence-electron chi connectivity index (χ4n) is 1.66. The van der Waals surface area contributed by atoms with E-state index < -0.39 is 0 Å². The Morgan fingerprint density at radius 1 is 1.37 bits per heavy atom. The number of halogens is 1. The quantitative estimate of drug-likeness (QED) is 0.915. The maximum Gasteiger partial charge on any atom is 0.226 e. The van der Waals surface area contributed by atoms with Crippen molar-refractivity contribution in [2.75, 3.05) is 13.7 Å². The van der Waals surface area contributed by atoms with E-state index in [4.69, 9.17) is 21.1 Å². The maximum absolute atomic E-state index is 9.09. The molecule has 0 radical (unpaired) electrons. The Hall–Kier alpha value is -1.36. The minimum Gasteiger partial charge on any atom is -0.444 e. The van der Waals surface area contributed by atoms with E-state index in [1.165, 1.54) is 0 Å². The Bertz CT molecular complexity index is 524. The van der Waals surface area contributed by atoms with Gasteiger partial charge in [0.05, 0.1) is 12.3 Å². The van der Waals surface area contributed by atoms with Crippen LogP contribution in [0, 0.1) is 0 Å². The van der Waals surface area contributed by atoms with Crippen LogP contribution in [0.15, 0.2) is 34.9 Å².